The van der Waals surface area contributed by atoms with Crippen molar-refractivity contribution < 1.29 is 4.79 Å². The third-order valence-corrected chi connectivity index (χ3v) is 5.98. The Balaban J connectivity index is 0.00000147. The Labute approximate surface area is 132 Å². The van der Waals surface area contributed by atoms with Crippen LogP contribution in [0.1, 0.15) is 38.5 Å². The summed E-state index contributed by atoms with van der Waals surface area (Å²) in [6, 6.07) is 0.229. The molecule has 0 aromatic carbocycles. The second-order valence-corrected chi connectivity index (χ2v) is 7.79. The van der Waals surface area contributed by atoms with Gasteiger partial charge in [-0.1, -0.05) is 0 Å². The highest BCUT2D eigenvalue weighted by Crippen LogP contribution is 2.47. The number of amides is 1. The smallest absolute Gasteiger partial charge is 0.239 e. The van der Waals surface area contributed by atoms with Gasteiger partial charge in [0.25, 0.3) is 0 Å². The number of rotatable bonds is 4. The van der Waals surface area contributed by atoms with E-state index in [4.69, 9.17) is 5.73 Å². The molecular weight excluding hydrogens is 292 g/mol. The zero-order valence-electron chi connectivity index (χ0n) is 12.3. The van der Waals surface area contributed by atoms with Crippen LogP contribution in [-0.4, -0.2) is 41.4 Å². The van der Waals surface area contributed by atoms with Crippen LogP contribution < -0.4 is 5.73 Å². The van der Waals surface area contributed by atoms with Crippen LogP contribution in [0.4, 0.5) is 0 Å². The predicted octanol–water partition coefficient (Wildman–Crippen LogP) is 2.53. The fraction of sp³-hybridized carbons (Fsp3) is 0.933. The van der Waals surface area contributed by atoms with Crippen LogP contribution in [0, 0.1) is 17.8 Å². The van der Waals surface area contributed by atoms with E-state index in [0.29, 0.717) is 6.04 Å². The van der Waals surface area contributed by atoms with E-state index in [1.807, 2.05) is 0 Å². The quantitative estimate of drug-likeness (QED) is 0.866. The first kappa shape index (κ1) is 16.4. The van der Waals surface area contributed by atoms with Gasteiger partial charge in [0, 0.05) is 12.6 Å². The number of nitrogens with zero attached hydrogens (tertiary/aromatic N) is 1. The summed E-state index contributed by atoms with van der Waals surface area (Å²) in [7, 11) is 0. The van der Waals surface area contributed by atoms with E-state index in [1.54, 1.807) is 11.8 Å². The SMILES string of the molecule is CSCC[C@H](N)C(=O)N1CC2CC3CC(C2)CC1C3.Cl. The van der Waals surface area contributed by atoms with Gasteiger partial charge in [-0.25, -0.2) is 0 Å². The largest absolute Gasteiger partial charge is 0.338 e. The van der Waals surface area contributed by atoms with Crippen molar-refractivity contribution in [2.24, 2.45) is 23.5 Å². The summed E-state index contributed by atoms with van der Waals surface area (Å²) in [5.74, 6) is 3.76. The lowest BCUT2D eigenvalue weighted by Gasteiger charge is -2.39. The van der Waals surface area contributed by atoms with Gasteiger partial charge in [-0.2, -0.15) is 11.8 Å². The molecule has 0 spiro atoms. The highest BCUT2D eigenvalue weighted by atomic mass is 35.5. The van der Waals surface area contributed by atoms with Gasteiger partial charge >= 0.3 is 0 Å². The van der Waals surface area contributed by atoms with E-state index in [-0.39, 0.29) is 24.4 Å². The standard InChI is InChI=1S/C15H26N2OS.ClH/c1-19-3-2-14(16)15(18)17-9-12-5-10-4-11(6-12)8-13(17)7-10;/h10-14H,2-9,16H2,1H3;1H/t10?,11?,12?,13?,14-;/m0./s1. The van der Waals surface area contributed by atoms with E-state index in [2.05, 4.69) is 11.2 Å². The van der Waals surface area contributed by atoms with Crippen LogP contribution in [0.15, 0.2) is 0 Å². The van der Waals surface area contributed by atoms with Crippen LogP contribution >= 0.6 is 24.2 Å². The third kappa shape index (κ3) is 3.28. The lowest BCUT2D eigenvalue weighted by atomic mass is 9.68. The van der Waals surface area contributed by atoms with E-state index in [0.717, 1.165) is 36.5 Å². The molecule has 2 N–H and O–H groups in total. The first-order chi connectivity index (χ1) is 9.17. The monoisotopic (exact) mass is 318 g/mol. The predicted molar refractivity (Wildman–Crippen MR) is 87.3 cm³/mol. The summed E-state index contributed by atoms with van der Waals surface area (Å²) in [5, 5.41) is 0. The van der Waals surface area contributed by atoms with Crippen molar-refractivity contribution in [1.29, 1.82) is 0 Å². The second-order valence-electron chi connectivity index (χ2n) is 6.81. The fourth-order valence-electron chi connectivity index (χ4n) is 4.64. The van der Waals surface area contributed by atoms with Gasteiger partial charge in [0.15, 0.2) is 0 Å². The second kappa shape index (κ2) is 6.89. The molecule has 4 aliphatic rings. The molecule has 20 heavy (non-hydrogen) atoms. The van der Waals surface area contributed by atoms with Crippen molar-refractivity contribution in [2.75, 3.05) is 18.6 Å². The Bertz CT molecular complexity index is 341. The van der Waals surface area contributed by atoms with E-state index in [9.17, 15) is 4.79 Å². The Kier molecular flexibility index (Phi) is 5.66. The first-order valence-corrected chi connectivity index (χ1v) is 9.11. The van der Waals surface area contributed by atoms with Gasteiger partial charge in [-0.05, 0) is 68.3 Å². The summed E-state index contributed by atoms with van der Waals surface area (Å²) in [5.41, 5.74) is 6.11. The molecule has 0 aromatic heterocycles. The molecule has 4 rings (SSSR count). The Hall–Kier alpha value is 0.0700. The number of carbonyl (C=O) groups excluding carboxylic acids is 1. The van der Waals surface area contributed by atoms with Crippen LogP contribution in [-0.2, 0) is 4.79 Å². The number of hydrogen-bond donors (Lipinski definition) is 1. The van der Waals surface area contributed by atoms with Crippen LogP contribution in [0.5, 0.6) is 0 Å². The topological polar surface area (TPSA) is 46.3 Å². The fourth-order valence-corrected chi connectivity index (χ4v) is 5.13. The molecule has 2 aliphatic carbocycles. The number of fused-ring (bicyclic) bond motifs is 1. The Morgan fingerprint density at radius 3 is 2.40 bits per heavy atom. The van der Waals surface area contributed by atoms with E-state index >= 15 is 0 Å². The molecule has 2 unspecified atom stereocenters. The van der Waals surface area contributed by atoms with Crippen molar-refractivity contribution in [2.45, 2.75) is 50.6 Å². The normalized spacial score (nSPS) is 36.4. The lowest BCUT2D eigenvalue weighted by molar-refractivity contribution is -0.135. The number of halogens is 1. The highest BCUT2D eigenvalue weighted by molar-refractivity contribution is 7.98. The van der Waals surface area contributed by atoms with Crippen LogP contribution in [0.25, 0.3) is 0 Å². The van der Waals surface area contributed by atoms with Gasteiger partial charge < -0.3 is 10.6 Å². The van der Waals surface area contributed by atoms with Crippen molar-refractivity contribution in [3.8, 4) is 0 Å². The summed E-state index contributed by atoms with van der Waals surface area (Å²) < 4.78 is 0. The number of nitrogens with two attached hydrogens (primary N) is 1. The third-order valence-electron chi connectivity index (χ3n) is 5.34. The van der Waals surface area contributed by atoms with Gasteiger partial charge in [0.1, 0.15) is 0 Å². The highest BCUT2D eigenvalue weighted by Gasteiger charge is 2.44. The van der Waals surface area contributed by atoms with Crippen molar-refractivity contribution >= 4 is 30.1 Å². The molecular formula is C15H27ClN2OS. The van der Waals surface area contributed by atoms with E-state index in [1.165, 1.54) is 32.1 Å². The number of hydrogen-bond acceptors (Lipinski definition) is 3. The van der Waals surface area contributed by atoms with Crippen molar-refractivity contribution in [3.63, 3.8) is 0 Å². The van der Waals surface area contributed by atoms with Gasteiger partial charge in [0.2, 0.25) is 5.91 Å². The number of carbonyl (C=O) groups is 1. The summed E-state index contributed by atoms with van der Waals surface area (Å²) in [6.07, 6.45) is 9.52. The van der Waals surface area contributed by atoms with Crippen molar-refractivity contribution in [3.05, 3.63) is 0 Å². The molecule has 2 saturated heterocycles. The van der Waals surface area contributed by atoms with E-state index < -0.39 is 0 Å². The Morgan fingerprint density at radius 1 is 1.20 bits per heavy atom. The van der Waals surface area contributed by atoms with Crippen LogP contribution in [0.3, 0.4) is 0 Å². The molecule has 2 saturated carbocycles. The maximum atomic E-state index is 12.6. The van der Waals surface area contributed by atoms with Crippen molar-refractivity contribution in [1.82, 2.24) is 4.90 Å². The molecule has 116 valence electrons. The maximum Gasteiger partial charge on any atom is 0.239 e. The summed E-state index contributed by atoms with van der Waals surface area (Å²) in [4.78, 5) is 14.8. The minimum absolute atomic E-state index is 0. The molecule has 2 aliphatic heterocycles. The summed E-state index contributed by atoms with van der Waals surface area (Å²) in [6.45, 7) is 0.990. The van der Waals surface area contributed by atoms with Gasteiger partial charge in [0.05, 0.1) is 6.04 Å². The zero-order valence-corrected chi connectivity index (χ0v) is 13.9. The molecule has 4 fully saturated rings. The molecule has 3 atom stereocenters. The molecule has 2 heterocycles. The molecule has 3 nitrogen and oxygen atoms in total. The molecule has 1 amide bonds. The zero-order chi connectivity index (χ0) is 13.4. The lowest BCUT2D eigenvalue weighted by Crippen LogP contribution is -2.49. The average Bonchev–Trinajstić information content (AvgIpc) is 2.59. The first-order valence-electron chi connectivity index (χ1n) is 7.72. The minimum Gasteiger partial charge on any atom is -0.338 e. The maximum absolute atomic E-state index is 12.6. The average molecular weight is 319 g/mol. The molecule has 0 radical (unpaired) electrons. The van der Waals surface area contributed by atoms with Gasteiger partial charge in [-0.15, -0.1) is 12.4 Å². The molecule has 0 aromatic rings. The number of thioether (sulfide) groups is 1. The Morgan fingerprint density at radius 2 is 1.80 bits per heavy atom. The van der Waals surface area contributed by atoms with Gasteiger partial charge in [-0.3, -0.25) is 4.79 Å². The minimum atomic E-state index is -0.275. The molecule has 5 heteroatoms. The van der Waals surface area contributed by atoms with Crippen LogP contribution in [0.2, 0.25) is 0 Å². The molecule has 4 bridgehead atoms. The summed E-state index contributed by atoms with van der Waals surface area (Å²) >= 11 is 1.77.